The van der Waals surface area contributed by atoms with Gasteiger partial charge in [-0.3, -0.25) is 4.79 Å². The molecule has 0 saturated carbocycles. The average Bonchev–Trinajstić information content (AvgIpc) is 3.17. The highest BCUT2D eigenvalue weighted by Crippen LogP contribution is 2.42. The molecule has 0 N–H and O–H groups in total. The quantitative estimate of drug-likeness (QED) is 0.310. The van der Waals surface area contributed by atoms with Crippen LogP contribution >= 0.6 is 0 Å². The summed E-state index contributed by atoms with van der Waals surface area (Å²) < 4.78 is 2.48. The number of carbonyl (C=O) groups is 1. The number of hydrogen-bond acceptors (Lipinski definition) is 1. The van der Waals surface area contributed by atoms with Crippen molar-refractivity contribution in [2.24, 2.45) is 0 Å². The van der Waals surface area contributed by atoms with E-state index in [1.807, 2.05) is 30.1 Å². The second-order valence-corrected chi connectivity index (χ2v) is 11.0. The molecule has 1 unspecified atom stereocenters. The number of hydrogen-bond donors (Lipinski definition) is 0. The van der Waals surface area contributed by atoms with Gasteiger partial charge in [0.05, 0.1) is 5.92 Å². The maximum atomic E-state index is 13.9. The van der Waals surface area contributed by atoms with Crippen LogP contribution in [0.2, 0.25) is 0 Å². The van der Waals surface area contributed by atoms with Gasteiger partial charge in [0, 0.05) is 36.7 Å². The highest BCUT2D eigenvalue weighted by molar-refractivity contribution is 5.94. The van der Waals surface area contributed by atoms with E-state index in [4.69, 9.17) is 0 Å². The fourth-order valence-electron chi connectivity index (χ4n) is 5.57. The summed E-state index contributed by atoms with van der Waals surface area (Å²) in [5.74, 6) is 0.136. The largest absolute Gasteiger partial charge is 0.341 e. The lowest BCUT2D eigenvalue weighted by Gasteiger charge is -2.28. The molecule has 0 aliphatic heterocycles. The fourth-order valence-corrected chi connectivity index (χ4v) is 5.57. The number of likely N-dealkylation sites (N-methyl/N-ethyl adjacent to an activating group) is 1. The minimum atomic E-state index is -0.0952. The summed E-state index contributed by atoms with van der Waals surface area (Å²) in [6.07, 6.45) is 2.98. The van der Waals surface area contributed by atoms with Crippen molar-refractivity contribution in [3.63, 3.8) is 0 Å². The number of nitrogens with zero attached hydrogens (tertiary/aromatic N) is 2. The summed E-state index contributed by atoms with van der Waals surface area (Å²) in [7, 11) is 1.95. The number of fused-ring (bicyclic) bond motifs is 3. The van der Waals surface area contributed by atoms with E-state index in [1.54, 1.807) is 0 Å². The molecule has 0 spiro atoms. The average molecular weight is 465 g/mol. The van der Waals surface area contributed by atoms with E-state index in [0.717, 1.165) is 25.8 Å². The number of carbonyl (C=O) groups excluding carboxylic acids is 1. The normalized spacial score (nSPS) is 15.7. The molecule has 3 heteroatoms. The Hall–Kier alpha value is -3.33. The second-order valence-electron chi connectivity index (χ2n) is 11.0. The SMILES string of the molecule is CN(Cc1ccccc1)C(=O)C1CCCc2c1c1cc(C(C)(C)C)ccc1n2Cc1ccccc1. The van der Waals surface area contributed by atoms with Crippen LogP contribution in [-0.4, -0.2) is 22.4 Å². The summed E-state index contributed by atoms with van der Waals surface area (Å²) in [6.45, 7) is 8.26. The Morgan fingerprint density at radius 1 is 0.943 bits per heavy atom. The Morgan fingerprint density at radius 3 is 2.26 bits per heavy atom. The minimum Gasteiger partial charge on any atom is -0.341 e. The van der Waals surface area contributed by atoms with Gasteiger partial charge in [0.2, 0.25) is 5.91 Å². The highest BCUT2D eigenvalue weighted by atomic mass is 16.2. The third-order valence-corrected chi connectivity index (χ3v) is 7.46. The van der Waals surface area contributed by atoms with E-state index in [0.29, 0.717) is 6.54 Å². The van der Waals surface area contributed by atoms with Crippen LogP contribution in [0.1, 0.15) is 67.5 Å². The first kappa shape index (κ1) is 23.4. The molecule has 35 heavy (non-hydrogen) atoms. The Bertz CT molecular complexity index is 1330. The van der Waals surface area contributed by atoms with Gasteiger partial charge in [-0.15, -0.1) is 0 Å². The smallest absolute Gasteiger partial charge is 0.230 e. The molecular weight excluding hydrogens is 428 g/mol. The van der Waals surface area contributed by atoms with Crippen molar-refractivity contribution in [3.8, 4) is 0 Å². The molecule has 3 aromatic carbocycles. The Balaban J connectivity index is 1.60. The predicted molar refractivity (Wildman–Crippen MR) is 145 cm³/mol. The first-order valence-corrected chi connectivity index (χ1v) is 12.8. The Labute approximate surface area is 209 Å². The first-order chi connectivity index (χ1) is 16.8. The van der Waals surface area contributed by atoms with Gasteiger partial charge in [0.25, 0.3) is 0 Å². The molecular formula is C32H36N2O. The van der Waals surface area contributed by atoms with E-state index in [2.05, 4.69) is 86.0 Å². The van der Waals surface area contributed by atoms with Crippen LogP contribution in [-0.2, 0) is 29.7 Å². The van der Waals surface area contributed by atoms with Crippen molar-refractivity contribution in [1.82, 2.24) is 9.47 Å². The topological polar surface area (TPSA) is 25.2 Å². The first-order valence-electron chi connectivity index (χ1n) is 12.8. The maximum absolute atomic E-state index is 13.9. The standard InChI is InChI=1S/C32H36N2O/c1-32(2,3)25-18-19-28-27(20-25)30-26(31(35)33(4)21-23-12-7-5-8-13-23)16-11-17-29(30)34(28)22-24-14-9-6-10-15-24/h5-10,12-15,18-20,26H,11,16-17,21-22H2,1-4H3. The van der Waals surface area contributed by atoms with E-state index in [9.17, 15) is 4.79 Å². The molecule has 5 rings (SSSR count). The monoisotopic (exact) mass is 464 g/mol. The zero-order chi connectivity index (χ0) is 24.6. The van der Waals surface area contributed by atoms with Crippen molar-refractivity contribution in [1.29, 1.82) is 0 Å². The molecule has 4 aromatic rings. The van der Waals surface area contributed by atoms with Gasteiger partial charge in [0.1, 0.15) is 0 Å². The number of rotatable bonds is 5. The van der Waals surface area contributed by atoms with Crippen molar-refractivity contribution in [2.75, 3.05) is 7.05 Å². The predicted octanol–water partition coefficient (Wildman–Crippen LogP) is 7.07. The molecule has 0 bridgehead atoms. The number of amides is 1. The molecule has 1 aliphatic rings. The third kappa shape index (κ3) is 4.65. The summed E-state index contributed by atoms with van der Waals surface area (Å²) >= 11 is 0. The van der Waals surface area contributed by atoms with Crippen molar-refractivity contribution >= 4 is 16.8 Å². The lowest BCUT2D eigenvalue weighted by Crippen LogP contribution is -2.33. The summed E-state index contributed by atoms with van der Waals surface area (Å²) in [6, 6.07) is 27.9. The van der Waals surface area contributed by atoms with Crippen LogP contribution in [0, 0.1) is 0 Å². The summed E-state index contributed by atoms with van der Waals surface area (Å²) in [5, 5.41) is 1.26. The summed E-state index contributed by atoms with van der Waals surface area (Å²) in [4.78, 5) is 15.8. The number of benzene rings is 3. The van der Waals surface area contributed by atoms with Gasteiger partial charge in [-0.1, -0.05) is 87.5 Å². The van der Waals surface area contributed by atoms with Gasteiger partial charge < -0.3 is 9.47 Å². The van der Waals surface area contributed by atoms with Crippen LogP contribution in [0.25, 0.3) is 10.9 Å². The molecule has 1 aromatic heterocycles. The highest BCUT2D eigenvalue weighted by Gasteiger charge is 2.34. The van der Waals surface area contributed by atoms with Gasteiger partial charge in [-0.2, -0.15) is 0 Å². The fraction of sp³-hybridized carbons (Fsp3) is 0.344. The third-order valence-electron chi connectivity index (χ3n) is 7.46. The zero-order valence-corrected chi connectivity index (χ0v) is 21.4. The van der Waals surface area contributed by atoms with Crippen LogP contribution in [0.5, 0.6) is 0 Å². The van der Waals surface area contributed by atoms with Crippen molar-refractivity contribution in [3.05, 3.63) is 107 Å². The lowest BCUT2D eigenvalue weighted by molar-refractivity contribution is -0.132. The molecule has 3 nitrogen and oxygen atoms in total. The maximum Gasteiger partial charge on any atom is 0.230 e. The second kappa shape index (κ2) is 9.37. The zero-order valence-electron chi connectivity index (χ0n) is 21.4. The van der Waals surface area contributed by atoms with Gasteiger partial charge in [-0.25, -0.2) is 0 Å². The molecule has 1 amide bonds. The Morgan fingerprint density at radius 2 is 1.60 bits per heavy atom. The van der Waals surface area contributed by atoms with E-state index >= 15 is 0 Å². The van der Waals surface area contributed by atoms with E-state index < -0.39 is 0 Å². The molecule has 0 fully saturated rings. The molecule has 0 radical (unpaired) electrons. The van der Waals surface area contributed by atoms with Gasteiger partial charge >= 0.3 is 0 Å². The van der Waals surface area contributed by atoms with E-state index in [1.165, 1.54) is 38.9 Å². The minimum absolute atomic E-state index is 0.0564. The van der Waals surface area contributed by atoms with Gasteiger partial charge in [-0.05, 0) is 59.1 Å². The van der Waals surface area contributed by atoms with Crippen LogP contribution in [0.15, 0.2) is 78.9 Å². The molecule has 1 aliphatic carbocycles. The molecule has 1 heterocycles. The van der Waals surface area contributed by atoms with Crippen LogP contribution in [0.3, 0.4) is 0 Å². The number of aromatic nitrogens is 1. The molecule has 180 valence electrons. The van der Waals surface area contributed by atoms with Crippen LogP contribution in [0.4, 0.5) is 0 Å². The molecule has 1 atom stereocenters. The summed E-state index contributed by atoms with van der Waals surface area (Å²) in [5.41, 5.74) is 7.69. The van der Waals surface area contributed by atoms with Gasteiger partial charge in [0.15, 0.2) is 0 Å². The van der Waals surface area contributed by atoms with Crippen molar-refractivity contribution in [2.45, 2.75) is 64.5 Å². The molecule has 0 saturated heterocycles. The van der Waals surface area contributed by atoms with Crippen LogP contribution < -0.4 is 0 Å². The Kier molecular flexibility index (Phi) is 6.27. The van der Waals surface area contributed by atoms with Crippen molar-refractivity contribution < 1.29 is 4.79 Å². The lowest BCUT2D eigenvalue weighted by atomic mass is 9.82. The van der Waals surface area contributed by atoms with E-state index in [-0.39, 0.29) is 17.2 Å².